The van der Waals surface area contributed by atoms with E-state index in [2.05, 4.69) is 10.6 Å². The van der Waals surface area contributed by atoms with Gasteiger partial charge in [-0.3, -0.25) is 4.79 Å². The van der Waals surface area contributed by atoms with Crippen molar-refractivity contribution in [2.45, 2.75) is 13.0 Å². The van der Waals surface area contributed by atoms with Gasteiger partial charge < -0.3 is 24.8 Å². The van der Waals surface area contributed by atoms with E-state index in [1.54, 1.807) is 6.07 Å². The van der Waals surface area contributed by atoms with E-state index in [-0.39, 0.29) is 12.7 Å². The number of rotatable bonds is 2. The van der Waals surface area contributed by atoms with Gasteiger partial charge in [-0.25, -0.2) is 0 Å². The lowest BCUT2D eigenvalue weighted by atomic mass is 10.1. The van der Waals surface area contributed by atoms with E-state index in [1.807, 2.05) is 13.0 Å². The second kappa shape index (κ2) is 5.07. The maximum Gasteiger partial charge on any atom is 0.254 e. The summed E-state index contributed by atoms with van der Waals surface area (Å²) in [6.07, 6.45) is -0.446. The maximum absolute atomic E-state index is 12.1. The van der Waals surface area contributed by atoms with E-state index in [0.717, 1.165) is 17.8 Å². The maximum atomic E-state index is 12.1. The molecule has 2 aliphatic heterocycles. The number of amides is 1. The summed E-state index contributed by atoms with van der Waals surface area (Å²) >= 11 is 0. The molecule has 6 heteroatoms. The number of ether oxygens (including phenoxy) is 3. The number of carbonyl (C=O) groups excluding carboxylic acids is 1. The van der Waals surface area contributed by atoms with Crippen molar-refractivity contribution in [1.82, 2.24) is 5.32 Å². The van der Waals surface area contributed by atoms with Crippen molar-refractivity contribution in [3.05, 3.63) is 17.7 Å². The van der Waals surface area contributed by atoms with Gasteiger partial charge in [0.1, 0.15) is 6.10 Å². The van der Waals surface area contributed by atoms with E-state index in [9.17, 15) is 4.79 Å². The minimum atomic E-state index is -0.446. The van der Waals surface area contributed by atoms with E-state index in [1.165, 1.54) is 0 Å². The van der Waals surface area contributed by atoms with Crippen LogP contribution in [-0.2, 0) is 9.53 Å². The van der Waals surface area contributed by atoms with Crippen LogP contribution >= 0.6 is 0 Å². The molecule has 6 nitrogen and oxygen atoms in total. The zero-order valence-corrected chi connectivity index (χ0v) is 10.7. The van der Waals surface area contributed by atoms with Crippen LogP contribution in [-0.4, -0.2) is 38.5 Å². The molecule has 19 heavy (non-hydrogen) atoms. The molecule has 1 saturated heterocycles. The fourth-order valence-corrected chi connectivity index (χ4v) is 2.13. The molecule has 1 aromatic carbocycles. The van der Waals surface area contributed by atoms with Gasteiger partial charge in [-0.15, -0.1) is 0 Å². The van der Waals surface area contributed by atoms with Crippen LogP contribution in [0.3, 0.4) is 0 Å². The average Bonchev–Trinajstić information content (AvgIpc) is 2.87. The number of benzene rings is 1. The van der Waals surface area contributed by atoms with Crippen LogP contribution in [0.2, 0.25) is 0 Å². The normalized spacial score (nSPS) is 21.2. The first-order valence-corrected chi connectivity index (χ1v) is 6.27. The molecule has 0 saturated carbocycles. The van der Waals surface area contributed by atoms with Crippen molar-refractivity contribution in [1.29, 1.82) is 0 Å². The number of anilines is 1. The second-order valence-electron chi connectivity index (χ2n) is 4.57. The highest BCUT2D eigenvalue weighted by atomic mass is 16.7. The van der Waals surface area contributed by atoms with Crippen LogP contribution in [0.1, 0.15) is 5.56 Å². The quantitative estimate of drug-likeness (QED) is 0.821. The molecule has 0 aromatic heterocycles. The van der Waals surface area contributed by atoms with Gasteiger partial charge in [-0.2, -0.15) is 0 Å². The summed E-state index contributed by atoms with van der Waals surface area (Å²) in [5, 5.41) is 6.00. The van der Waals surface area contributed by atoms with Crippen molar-refractivity contribution in [3.63, 3.8) is 0 Å². The molecule has 2 N–H and O–H groups in total. The Balaban J connectivity index is 1.74. The molecule has 2 aliphatic rings. The number of hydrogen-bond donors (Lipinski definition) is 2. The molecule has 0 spiro atoms. The molecule has 1 aromatic rings. The number of carbonyl (C=O) groups is 1. The molecule has 3 rings (SSSR count). The van der Waals surface area contributed by atoms with Crippen molar-refractivity contribution in [3.8, 4) is 11.5 Å². The Morgan fingerprint density at radius 2 is 2.16 bits per heavy atom. The first kappa shape index (κ1) is 12.3. The van der Waals surface area contributed by atoms with Crippen LogP contribution in [0.15, 0.2) is 12.1 Å². The smallest absolute Gasteiger partial charge is 0.254 e. The highest BCUT2D eigenvalue weighted by Crippen LogP contribution is 2.36. The number of morpholine rings is 1. The average molecular weight is 264 g/mol. The summed E-state index contributed by atoms with van der Waals surface area (Å²) in [4.78, 5) is 12.1. The van der Waals surface area contributed by atoms with Crippen LogP contribution in [0.25, 0.3) is 0 Å². The third-order valence-corrected chi connectivity index (χ3v) is 3.20. The van der Waals surface area contributed by atoms with Gasteiger partial charge in [0.25, 0.3) is 5.91 Å². The van der Waals surface area contributed by atoms with Gasteiger partial charge in [0.15, 0.2) is 11.5 Å². The highest BCUT2D eigenvalue weighted by Gasteiger charge is 2.23. The molecule has 2 heterocycles. The van der Waals surface area contributed by atoms with E-state index in [0.29, 0.717) is 24.7 Å². The lowest BCUT2D eigenvalue weighted by Crippen LogP contribution is -2.45. The van der Waals surface area contributed by atoms with Gasteiger partial charge >= 0.3 is 0 Å². The van der Waals surface area contributed by atoms with Crippen molar-refractivity contribution in [2.24, 2.45) is 0 Å². The highest BCUT2D eigenvalue weighted by molar-refractivity contribution is 5.95. The Labute approximate surface area is 111 Å². The zero-order valence-electron chi connectivity index (χ0n) is 10.7. The van der Waals surface area contributed by atoms with E-state index >= 15 is 0 Å². The zero-order chi connectivity index (χ0) is 13.2. The molecular weight excluding hydrogens is 248 g/mol. The van der Waals surface area contributed by atoms with Crippen molar-refractivity contribution in [2.75, 3.05) is 31.8 Å². The molecule has 102 valence electrons. The minimum Gasteiger partial charge on any atom is -0.454 e. The summed E-state index contributed by atoms with van der Waals surface area (Å²) in [7, 11) is 0. The Bertz CT molecular complexity index is 498. The summed E-state index contributed by atoms with van der Waals surface area (Å²) in [6.45, 7) is 4.01. The second-order valence-corrected chi connectivity index (χ2v) is 4.57. The molecular formula is C13H16N2O4. The van der Waals surface area contributed by atoms with Crippen molar-refractivity contribution >= 4 is 11.6 Å². The Kier molecular flexibility index (Phi) is 3.27. The van der Waals surface area contributed by atoms with Gasteiger partial charge in [-0.05, 0) is 18.6 Å². The first-order valence-electron chi connectivity index (χ1n) is 6.27. The van der Waals surface area contributed by atoms with Crippen LogP contribution < -0.4 is 20.1 Å². The molecule has 0 aliphatic carbocycles. The lowest BCUT2D eigenvalue weighted by Gasteiger charge is -2.23. The Morgan fingerprint density at radius 1 is 1.37 bits per heavy atom. The topological polar surface area (TPSA) is 68.8 Å². The SMILES string of the molecule is Cc1cc2c(cc1NC(=O)C1CNCCO1)OCO2. The standard InChI is InChI=1S/C13H16N2O4/c1-8-4-10-11(19-7-18-10)5-9(8)15-13(16)12-6-14-2-3-17-12/h4-5,12,14H,2-3,6-7H2,1H3,(H,15,16). The predicted octanol–water partition coefficient (Wildman–Crippen LogP) is 0.651. The fraction of sp³-hybridized carbons (Fsp3) is 0.462. The fourth-order valence-electron chi connectivity index (χ4n) is 2.13. The third-order valence-electron chi connectivity index (χ3n) is 3.20. The third kappa shape index (κ3) is 2.50. The van der Waals surface area contributed by atoms with Crippen LogP contribution in [0, 0.1) is 6.92 Å². The largest absolute Gasteiger partial charge is 0.454 e. The number of hydrogen-bond acceptors (Lipinski definition) is 5. The minimum absolute atomic E-state index is 0.144. The molecule has 1 fully saturated rings. The van der Waals surface area contributed by atoms with Crippen LogP contribution in [0.4, 0.5) is 5.69 Å². The van der Waals surface area contributed by atoms with Crippen molar-refractivity contribution < 1.29 is 19.0 Å². The van der Waals surface area contributed by atoms with Gasteiger partial charge in [0.05, 0.1) is 6.61 Å². The monoisotopic (exact) mass is 264 g/mol. The molecule has 1 atom stereocenters. The van der Waals surface area contributed by atoms with E-state index in [4.69, 9.17) is 14.2 Å². The summed E-state index contributed by atoms with van der Waals surface area (Å²) in [5.74, 6) is 1.23. The molecule has 1 unspecified atom stereocenters. The van der Waals surface area contributed by atoms with Gasteiger partial charge in [-0.1, -0.05) is 0 Å². The predicted molar refractivity (Wildman–Crippen MR) is 68.5 cm³/mol. The van der Waals surface area contributed by atoms with E-state index < -0.39 is 6.10 Å². The number of nitrogens with one attached hydrogen (secondary N) is 2. The van der Waals surface area contributed by atoms with Crippen LogP contribution in [0.5, 0.6) is 11.5 Å². The molecule has 0 bridgehead atoms. The summed E-state index contributed by atoms with van der Waals surface area (Å²) < 4.78 is 16.0. The number of fused-ring (bicyclic) bond motifs is 1. The lowest BCUT2D eigenvalue weighted by molar-refractivity contribution is -0.128. The molecule has 0 radical (unpaired) electrons. The molecule has 1 amide bonds. The summed E-state index contributed by atoms with van der Waals surface area (Å²) in [5.41, 5.74) is 1.66. The Hall–Kier alpha value is -1.79. The Morgan fingerprint density at radius 3 is 2.89 bits per heavy atom. The number of aryl methyl sites for hydroxylation is 1. The van der Waals surface area contributed by atoms with Gasteiger partial charge in [0, 0.05) is 24.8 Å². The summed E-state index contributed by atoms with van der Waals surface area (Å²) in [6, 6.07) is 3.64. The first-order chi connectivity index (χ1) is 9.24. The van der Waals surface area contributed by atoms with Gasteiger partial charge in [0.2, 0.25) is 6.79 Å².